The molecule has 0 N–H and O–H groups in total. The molecule has 1 heteroatoms. The van der Waals surface area contributed by atoms with Gasteiger partial charge in [0.05, 0.1) is 24.7 Å². The van der Waals surface area contributed by atoms with E-state index in [-0.39, 0.29) is 60.5 Å². The van der Waals surface area contributed by atoms with Gasteiger partial charge in [0, 0.05) is 16.3 Å². The summed E-state index contributed by atoms with van der Waals surface area (Å²) in [5, 5.41) is 0.424. The second kappa shape index (κ2) is 9.44. The van der Waals surface area contributed by atoms with Crippen LogP contribution in [0.2, 0.25) is 0 Å². The SMILES string of the molecule is [2H]c1c([2H])c([2H])c(-c2c([2H])c(-c3c4ccccc4c(-c4c([2H])c([2H])c([2H])c5c([2H])c([2H])c([2H])c([2H])c45)c4ccccc34)c([2H])c3c2oc2c([2H])c([2H])c([2H])c([2H])c23)c([2H])c1[2H]. The molecule has 1 aromatic heterocycles. The minimum Gasteiger partial charge on any atom is -0.455 e. The van der Waals surface area contributed by atoms with Crippen molar-refractivity contribution in [2.45, 2.75) is 0 Å². The van der Waals surface area contributed by atoms with Crippen LogP contribution in [0.3, 0.4) is 0 Å². The summed E-state index contributed by atoms with van der Waals surface area (Å²) in [6.07, 6.45) is 0. The minimum absolute atomic E-state index is 0.0637. The topological polar surface area (TPSA) is 13.1 Å². The number of rotatable bonds is 3. The highest BCUT2D eigenvalue weighted by Crippen LogP contribution is 2.47. The van der Waals surface area contributed by atoms with E-state index in [9.17, 15) is 4.11 Å². The predicted octanol–water partition coefficient (Wildman–Crippen LogP) is 12.0. The quantitative estimate of drug-likeness (QED) is 0.195. The lowest BCUT2D eigenvalue weighted by Gasteiger charge is -2.19. The lowest BCUT2D eigenvalue weighted by molar-refractivity contribution is 0.670. The fourth-order valence-electron chi connectivity index (χ4n) is 5.80. The van der Waals surface area contributed by atoms with Crippen LogP contribution in [0.1, 0.15) is 24.7 Å². The van der Waals surface area contributed by atoms with Gasteiger partial charge in [-0.15, -0.1) is 0 Å². The average molecular weight is 565 g/mol. The standard InChI is InChI=1S/C42H26O/c1-2-13-28(14-3-1)37-25-29(26-38-31-18-10-11-24-39(31)43-42(37)38)40-33-19-6-8-21-35(33)41(36-22-9-7-20-34(36)40)32-23-12-16-27-15-4-5-17-30(27)32/h1-26H/i1D,2D,3D,4D,5D,10D,11D,12D,13D,14D,15D,16D,17D,18D,23D,24D,25D,26D. The molecule has 0 atom stereocenters. The van der Waals surface area contributed by atoms with Crippen LogP contribution in [-0.4, -0.2) is 0 Å². The summed E-state index contributed by atoms with van der Waals surface area (Å²) in [4.78, 5) is 0. The molecule has 9 rings (SSSR count). The van der Waals surface area contributed by atoms with Crippen molar-refractivity contribution in [2.75, 3.05) is 0 Å². The van der Waals surface area contributed by atoms with Gasteiger partial charge in [0.15, 0.2) is 0 Å². The average Bonchev–Trinajstić information content (AvgIpc) is 3.66. The molecular formula is C42H26O. The Hall–Kier alpha value is -5.66. The summed E-state index contributed by atoms with van der Waals surface area (Å²) in [7, 11) is 0. The van der Waals surface area contributed by atoms with Gasteiger partial charge >= 0.3 is 0 Å². The van der Waals surface area contributed by atoms with Gasteiger partial charge in [-0.1, -0.05) is 139 Å². The molecule has 0 aliphatic carbocycles. The van der Waals surface area contributed by atoms with Gasteiger partial charge in [-0.2, -0.15) is 0 Å². The maximum absolute atomic E-state index is 9.91. The summed E-state index contributed by atoms with van der Waals surface area (Å²) in [6.45, 7) is 0. The molecule has 0 bridgehead atoms. The molecule has 0 saturated heterocycles. The van der Waals surface area contributed by atoms with Crippen molar-refractivity contribution >= 4 is 54.3 Å². The van der Waals surface area contributed by atoms with E-state index in [0.717, 1.165) is 0 Å². The van der Waals surface area contributed by atoms with Crippen LogP contribution in [0.15, 0.2) is 162 Å². The highest BCUT2D eigenvalue weighted by Gasteiger charge is 2.20. The molecule has 0 spiro atoms. The van der Waals surface area contributed by atoms with Crippen LogP contribution < -0.4 is 0 Å². The third-order valence-corrected chi connectivity index (χ3v) is 7.56. The Bertz CT molecular complexity index is 3420. The Morgan fingerprint density at radius 1 is 0.419 bits per heavy atom. The zero-order valence-electron chi connectivity index (χ0n) is 40.0. The Morgan fingerprint density at radius 3 is 1.77 bits per heavy atom. The summed E-state index contributed by atoms with van der Waals surface area (Å²) >= 11 is 0. The highest BCUT2D eigenvalue weighted by molar-refractivity contribution is 6.24. The number of benzene rings is 8. The van der Waals surface area contributed by atoms with Gasteiger partial charge < -0.3 is 4.42 Å². The van der Waals surface area contributed by atoms with E-state index < -0.39 is 114 Å². The molecule has 0 amide bonds. The highest BCUT2D eigenvalue weighted by atomic mass is 16.3. The van der Waals surface area contributed by atoms with Gasteiger partial charge in [-0.3, -0.25) is 0 Å². The molecule has 0 saturated carbocycles. The Balaban J connectivity index is 1.56. The number of hydrogen-bond donors (Lipinski definition) is 0. The van der Waals surface area contributed by atoms with Gasteiger partial charge in [0.2, 0.25) is 0 Å². The van der Waals surface area contributed by atoms with Crippen molar-refractivity contribution in [1.29, 1.82) is 0 Å². The monoisotopic (exact) mass is 564 g/mol. The van der Waals surface area contributed by atoms with Crippen LogP contribution in [0.4, 0.5) is 0 Å². The molecule has 200 valence electrons. The number of para-hydroxylation sites is 1. The molecular weight excluding hydrogens is 520 g/mol. The Kier molecular flexibility index (Phi) is 2.70. The maximum Gasteiger partial charge on any atom is 0.143 e. The van der Waals surface area contributed by atoms with Crippen LogP contribution in [0.5, 0.6) is 0 Å². The fraction of sp³-hybridized carbons (Fsp3) is 0. The third-order valence-electron chi connectivity index (χ3n) is 7.56. The fourth-order valence-corrected chi connectivity index (χ4v) is 5.80. The van der Waals surface area contributed by atoms with E-state index in [4.69, 9.17) is 25.0 Å². The van der Waals surface area contributed by atoms with E-state index in [1.807, 2.05) is 0 Å². The second-order valence-corrected chi connectivity index (χ2v) is 9.85. The zero-order valence-corrected chi connectivity index (χ0v) is 22.0. The number of fused-ring (bicyclic) bond motifs is 6. The summed E-state index contributed by atoms with van der Waals surface area (Å²) in [5.74, 6) is 0. The maximum atomic E-state index is 9.91. The first-order valence-electron chi connectivity index (χ1n) is 22.3. The second-order valence-electron chi connectivity index (χ2n) is 9.85. The smallest absolute Gasteiger partial charge is 0.143 e. The minimum atomic E-state index is -0.732. The van der Waals surface area contributed by atoms with E-state index in [0.29, 0.717) is 21.5 Å². The van der Waals surface area contributed by atoms with Crippen molar-refractivity contribution in [3.63, 3.8) is 0 Å². The first-order valence-corrected chi connectivity index (χ1v) is 13.3. The predicted molar refractivity (Wildman–Crippen MR) is 183 cm³/mol. The van der Waals surface area contributed by atoms with Crippen molar-refractivity contribution < 1.29 is 29.1 Å². The van der Waals surface area contributed by atoms with Gasteiger partial charge in [0.25, 0.3) is 0 Å². The molecule has 9 aromatic rings. The van der Waals surface area contributed by atoms with Crippen molar-refractivity contribution in [2.24, 2.45) is 0 Å². The zero-order chi connectivity index (χ0) is 44.0. The normalized spacial score (nSPS) is 17.6. The molecule has 8 aromatic carbocycles. The number of furan rings is 1. The van der Waals surface area contributed by atoms with Crippen LogP contribution in [0, 0.1) is 0 Å². The first kappa shape index (κ1) is 12.3. The molecule has 43 heavy (non-hydrogen) atoms. The molecule has 0 aliphatic heterocycles. The summed E-state index contributed by atoms with van der Waals surface area (Å²) in [5.41, 5.74) is -1.40. The third kappa shape index (κ3) is 3.65. The molecule has 1 heterocycles. The van der Waals surface area contributed by atoms with Crippen LogP contribution >= 0.6 is 0 Å². The molecule has 0 radical (unpaired) electrons. The Morgan fingerprint density at radius 2 is 1.02 bits per heavy atom. The molecule has 0 unspecified atom stereocenters. The van der Waals surface area contributed by atoms with Gasteiger partial charge in [-0.05, 0) is 78.3 Å². The van der Waals surface area contributed by atoms with Gasteiger partial charge in [0.1, 0.15) is 11.2 Å². The van der Waals surface area contributed by atoms with Crippen LogP contribution in [0.25, 0.3) is 87.6 Å². The van der Waals surface area contributed by atoms with E-state index in [1.54, 1.807) is 48.5 Å². The largest absolute Gasteiger partial charge is 0.455 e. The van der Waals surface area contributed by atoms with Gasteiger partial charge in [-0.25, -0.2) is 0 Å². The molecule has 1 nitrogen and oxygen atoms in total. The summed E-state index contributed by atoms with van der Waals surface area (Å²) in [6, 6.07) is 2.23. The van der Waals surface area contributed by atoms with Crippen molar-refractivity contribution in [3.8, 4) is 33.4 Å². The van der Waals surface area contributed by atoms with E-state index in [2.05, 4.69) is 0 Å². The first-order chi connectivity index (χ1) is 28.8. The Labute approximate surface area is 274 Å². The van der Waals surface area contributed by atoms with E-state index in [1.165, 1.54) is 0 Å². The van der Waals surface area contributed by atoms with E-state index >= 15 is 0 Å². The molecule has 0 fully saturated rings. The van der Waals surface area contributed by atoms with Crippen molar-refractivity contribution in [1.82, 2.24) is 0 Å². The summed E-state index contributed by atoms with van der Waals surface area (Å²) < 4.78 is 165. The number of hydrogen-bond acceptors (Lipinski definition) is 1. The lowest BCUT2D eigenvalue weighted by Crippen LogP contribution is -1.92. The van der Waals surface area contributed by atoms with Crippen LogP contribution in [-0.2, 0) is 0 Å². The lowest BCUT2D eigenvalue weighted by atomic mass is 9.84. The van der Waals surface area contributed by atoms with Crippen molar-refractivity contribution in [3.05, 3.63) is 157 Å². The molecule has 0 aliphatic rings.